The molecule has 6 N–H and O–H groups in total. The Kier molecular flexibility index (Phi) is 11.2. The van der Waals surface area contributed by atoms with E-state index in [2.05, 4.69) is 33.8 Å². The average molecular weight is 819 g/mol. The van der Waals surface area contributed by atoms with Gasteiger partial charge in [0.15, 0.2) is 0 Å². The highest BCUT2D eigenvalue weighted by molar-refractivity contribution is 5.88. The van der Waals surface area contributed by atoms with E-state index in [-0.39, 0.29) is 11.8 Å². The maximum Gasteiger partial charge on any atom is 0.405 e. The van der Waals surface area contributed by atoms with Gasteiger partial charge in [-0.15, -0.1) is 0 Å². The number of likely N-dealkylation sites (tertiary alicyclic amines) is 2. The summed E-state index contributed by atoms with van der Waals surface area (Å²) in [5, 5.41) is 23.8. The van der Waals surface area contributed by atoms with E-state index < -0.39 is 36.4 Å². The number of carbonyl (C=O) groups excluding carboxylic acids is 2. The molecule has 2 aliphatic rings. The fourth-order valence-corrected chi connectivity index (χ4v) is 7.87. The van der Waals surface area contributed by atoms with Crippen molar-refractivity contribution in [3.63, 3.8) is 0 Å². The van der Waals surface area contributed by atoms with Crippen LogP contribution in [-0.2, 0) is 9.59 Å². The van der Waals surface area contributed by atoms with Crippen LogP contribution in [0.25, 0.3) is 22.5 Å². The second-order valence-corrected chi connectivity index (χ2v) is 14.8. The number of aromatic nitrogens is 4. The first-order chi connectivity index (χ1) is 29.5. The largest absolute Gasteiger partial charge is 0.465 e. The van der Waals surface area contributed by atoms with Gasteiger partial charge in [0.25, 0.3) is 11.8 Å². The molecule has 61 heavy (non-hydrogen) atoms. The first-order valence-electron chi connectivity index (χ1n) is 19.6. The first kappa shape index (κ1) is 39.9. The summed E-state index contributed by atoms with van der Waals surface area (Å²) in [6.45, 7) is 9.15. The van der Waals surface area contributed by atoms with Crippen LogP contribution < -0.4 is 15.4 Å². The molecular weight excluding hydrogens is 777 g/mol. The van der Waals surface area contributed by atoms with Crippen LogP contribution in [0.5, 0.6) is 11.5 Å². The van der Waals surface area contributed by atoms with Crippen molar-refractivity contribution in [1.29, 1.82) is 0 Å². The summed E-state index contributed by atoms with van der Waals surface area (Å²) in [5.74, 6) is 1.48. The maximum absolute atomic E-state index is 13.8. The number of carbonyl (C=O) groups is 4. The van der Waals surface area contributed by atoms with Crippen molar-refractivity contribution >= 4 is 24.0 Å². The van der Waals surface area contributed by atoms with Crippen LogP contribution in [0.4, 0.5) is 9.59 Å². The lowest BCUT2D eigenvalue weighted by Crippen LogP contribution is -2.42. The van der Waals surface area contributed by atoms with Gasteiger partial charge in [-0.25, -0.2) is 19.6 Å². The zero-order chi connectivity index (χ0) is 42.6. The number of hydrogen-bond acceptors (Lipinski definition) is 7. The van der Waals surface area contributed by atoms with Crippen molar-refractivity contribution in [2.45, 2.75) is 37.0 Å². The van der Waals surface area contributed by atoms with Gasteiger partial charge < -0.3 is 45.4 Å². The molecule has 2 aromatic heterocycles. The van der Waals surface area contributed by atoms with E-state index in [1.54, 1.807) is 82.9 Å². The lowest BCUT2D eigenvalue weighted by Gasteiger charge is -2.28. The summed E-state index contributed by atoms with van der Waals surface area (Å²) in [5.41, 5.74) is 5.60. The van der Waals surface area contributed by atoms with Crippen LogP contribution in [0.15, 0.2) is 146 Å². The third-order valence-electron chi connectivity index (χ3n) is 10.9. The van der Waals surface area contributed by atoms with E-state index in [1.165, 1.54) is 0 Å². The van der Waals surface area contributed by atoms with Gasteiger partial charge in [-0.05, 0) is 83.6 Å². The number of rotatable bonds is 12. The molecule has 4 atom stereocenters. The molecule has 2 saturated heterocycles. The third kappa shape index (κ3) is 8.48. The van der Waals surface area contributed by atoms with Crippen molar-refractivity contribution in [3.05, 3.63) is 169 Å². The molecule has 8 rings (SSSR count). The van der Waals surface area contributed by atoms with Gasteiger partial charge in [0.2, 0.25) is 0 Å². The highest BCUT2D eigenvalue weighted by Crippen LogP contribution is 2.39. The van der Waals surface area contributed by atoms with Gasteiger partial charge in [0.1, 0.15) is 47.3 Å². The number of carboxylic acid groups (broad SMARTS) is 2. The first-order valence-corrected chi connectivity index (χ1v) is 19.6. The highest BCUT2D eigenvalue weighted by atomic mass is 16.5. The van der Waals surface area contributed by atoms with Gasteiger partial charge in [0.05, 0.1) is 11.4 Å². The summed E-state index contributed by atoms with van der Waals surface area (Å²) in [7, 11) is 0. The Bertz CT molecular complexity index is 2410. The Hall–Kier alpha value is -7.94. The number of H-pyrrole nitrogens is 2. The van der Waals surface area contributed by atoms with Gasteiger partial charge in [-0.1, -0.05) is 73.8 Å². The third-order valence-corrected chi connectivity index (χ3v) is 10.9. The Morgan fingerprint density at radius 2 is 0.984 bits per heavy atom. The van der Waals surface area contributed by atoms with E-state index in [0.29, 0.717) is 71.6 Å². The minimum atomic E-state index is -1.30. The number of nitrogens with zero attached hydrogens (tertiary/aromatic N) is 4. The molecule has 2 unspecified atom stereocenters. The quantitative estimate of drug-likeness (QED) is 0.0662. The molecule has 4 amide bonds. The molecule has 4 aromatic carbocycles. The summed E-state index contributed by atoms with van der Waals surface area (Å²) >= 11 is 0. The SMILES string of the molecule is C=C1CCN(C(=O)C(NC(=O)O)c2ccccc2)C1c1nc(-c2ccc(Oc3ccc(-c4c[nH]c([C@@H]5C(=C)CCN5C(=O)[C@H](NC(=O)O)c5ccccc5)n4)cc3)cc2)c[nH]1. The number of ether oxygens (including phenoxy) is 1. The number of amides is 4. The maximum atomic E-state index is 13.8. The van der Waals surface area contributed by atoms with Crippen LogP contribution in [0.2, 0.25) is 0 Å². The van der Waals surface area contributed by atoms with Crippen LogP contribution in [-0.4, -0.2) is 77.0 Å². The summed E-state index contributed by atoms with van der Waals surface area (Å²) in [4.78, 5) is 70.2. The minimum absolute atomic E-state index is 0.377. The Morgan fingerprint density at radius 1 is 0.607 bits per heavy atom. The van der Waals surface area contributed by atoms with Gasteiger partial charge in [-0.2, -0.15) is 0 Å². The van der Waals surface area contributed by atoms with Crippen molar-refractivity contribution in [2.24, 2.45) is 0 Å². The number of benzene rings is 4. The lowest BCUT2D eigenvalue weighted by atomic mass is 10.0. The van der Waals surface area contributed by atoms with E-state index in [9.17, 15) is 29.4 Å². The molecular formula is C46H42N8O7. The fourth-order valence-electron chi connectivity index (χ4n) is 7.87. The van der Waals surface area contributed by atoms with E-state index in [4.69, 9.17) is 14.7 Å². The highest BCUT2D eigenvalue weighted by Gasteiger charge is 2.40. The predicted molar refractivity (Wildman–Crippen MR) is 225 cm³/mol. The van der Waals surface area contributed by atoms with Crippen molar-refractivity contribution in [1.82, 2.24) is 40.4 Å². The fraction of sp³-hybridized carbons (Fsp3) is 0.174. The number of nitrogens with one attached hydrogen (secondary N) is 4. The number of aromatic amines is 2. The van der Waals surface area contributed by atoms with Crippen LogP contribution in [0.3, 0.4) is 0 Å². The van der Waals surface area contributed by atoms with Gasteiger partial charge >= 0.3 is 12.2 Å². The second kappa shape index (κ2) is 17.1. The molecule has 0 saturated carbocycles. The Labute approximate surface area is 350 Å². The predicted octanol–water partition coefficient (Wildman–Crippen LogP) is 7.94. The van der Waals surface area contributed by atoms with Crippen molar-refractivity contribution in [2.75, 3.05) is 13.1 Å². The Morgan fingerprint density at radius 3 is 1.34 bits per heavy atom. The van der Waals surface area contributed by atoms with Gasteiger partial charge in [0, 0.05) is 36.6 Å². The molecule has 6 aromatic rings. The molecule has 15 nitrogen and oxygen atoms in total. The molecule has 2 fully saturated rings. The van der Waals surface area contributed by atoms with Crippen LogP contribution in [0, 0.1) is 0 Å². The van der Waals surface area contributed by atoms with Gasteiger partial charge in [-0.3, -0.25) is 9.59 Å². The standard InChI is InChI=1S/C46H42N8O7/c1-27-21-23-53(43(55)37(51-45(57)58)31-9-5-3-6-10-31)39(27)41-47-25-35(49-41)29-13-17-33(18-14-29)61-34-19-15-30(16-20-34)36-26-48-42(50-36)40-28(2)22-24-54(40)44(56)38(52-46(59)60)32-11-7-4-8-12-32/h3-20,25-26,37-40,51-52H,1-2,21-24H2,(H,47,49)(H,48,50)(H,57,58)(H,59,60)/t37-,38?,39+,40?/m1/s1. The minimum Gasteiger partial charge on any atom is -0.465 e. The summed E-state index contributed by atoms with van der Waals surface area (Å²) < 4.78 is 6.15. The van der Waals surface area contributed by atoms with E-state index >= 15 is 0 Å². The van der Waals surface area contributed by atoms with E-state index in [0.717, 1.165) is 22.3 Å². The topological polar surface area (TPSA) is 206 Å². The van der Waals surface area contributed by atoms with Crippen LogP contribution >= 0.6 is 0 Å². The molecule has 308 valence electrons. The molecule has 0 spiro atoms. The van der Waals surface area contributed by atoms with Crippen molar-refractivity contribution in [3.8, 4) is 34.0 Å². The number of imidazole rings is 2. The molecule has 0 aliphatic carbocycles. The van der Waals surface area contributed by atoms with Crippen molar-refractivity contribution < 1.29 is 34.1 Å². The lowest BCUT2D eigenvalue weighted by molar-refractivity contribution is -0.135. The zero-order valence-corrected chi connectivity index (χ0v) is 32.8. The smallest absolute Gasteiger partial charge is 0.405 e. The second-order valence-electron chi connectivity index (χ2n) is 14.8. The molecule has 4 heterocycles. The molecule has 2 aliphatic heterocycles. The summed E-state index contributed by atoms with van der Waals surface area (Å²) in [6, 6.07) is 29.1. The molecule has 0 bridgehead atoms. The normalized spacial score (nSPS) is 17.2. The average Bonchev–Trinajstić information content (AvgIpc) is 4.10. The molecule has 0 radical (unpaired) electrons. The van der Waals surface area contributed by atoms with Crippen LogP contribution in [0.1, 0.15) is 59.8 Å². The zero-order valence-electron chi connectivity index (χ0n) is 32.8. The summed E-state index contributed by atoms with van der Waals surface area (Å²) in [6.07, 6.45) is 2.04. The monoisotopic (exact) mass is 818 g/mol. The van der Waals surface area contributed by atoms with E-state index in [1.807, 2.05) is 48.5 Å². The molecule has 15 heteroatoms. The Balaban J connectivity index is 0.920. The number of hydrogen-bond donors (Lipinski definition) is 6.